The number of aryl methyl sites for hydroxylation is 1. The highest BCUT2D eigenvalue weighted by Gasteiger charge is 2.30. The molecule has 1 aromatic heterocycles. The number of alkyl halides is 3. The lowest BCUT2D eigenvalue weighted by Gasteiger charge is -2.17. The van der Waals surface area contributed by atoms with E-state index in [0.29, 0.717) is 5.69 Å². The SMILES string of the molecule is Cc1ccc(C(F)(F)F)cc1NC(C)c1ccc(Br)s1. The maximum absolute atomic E-state index is 12.7. The second-order valence-corrected chi connectivity index (χ2v) is 7.03. The van der Waals surface area contributed by atoms with Gasteiger partial charge in [-0.25, -0.2) is 0 Å². The second kappa shape index (κ2) is 5.77. The maximum Gasteiger partial charge on any atom is 0.416 e. The van der Waals surface area contributed by atoms with Crippen molar-refractivity contribution in [3.05, 3.63) is 50.1 Å². The van der Waals surface area contributed by atoms with Crippen molar-refractivity contribution in [3.63, 3.8) is 0 Å². The molecule has 0 saturated heterocycles. The number of benzene rings is 1. The molecule has 0 bridgehead atoms. The largest absolute Gasteiger partial charge is 0.416 e. The average molecular weight is 364 g/mol. The highest BCUT2D eigenvalue weighted by molar-refractivity contribution is 9.11. The molecular formula is C14H13BrF3NS. The van der Waals surface area contributed by atoms with Crippen molar-refractivity contribution in [2.75, 3.05) is 5.32 Å². The third-order valence-corrected chi connectivity index (χ3v) is 4.76. The molecule has 1 N–H and O–H groups in total. The van der Waals surface area contributed by atoms with E-state index in [2.05, 4.69) is 21.2 Å². The normalized spacial score (nSPS) is 13.3. The van der Waals surface area contributed by atoms with Gasteiger partial charge >= 0.3 is 6.18 Å². The highest BCUT2D eigenvalue weighted by Crippen LogP contribution is 2.34. The van der Waals surface area contributed by atoms with Crippen LogP contribution in [0.3, 0.4) is 0 Å². The summed E-state index contributed by atoms with van der Waals surface area (Å²) in [6.45, 7) is 3.72. The first-order chi connectivity index (χ1) is 9.27. The summed E-state index contributed by atoms with van der Waals surface area (Å²) in [7, 11) is 0. The molecule has 0 amide bonds. The Kier molecular flexibility index (Phi) is 4.44. The van der Waals surface area contributed by atoms with E-state index in [0.717, 1.165) is 26.4 Å². The van der Waals surface area contributed by atoms with Crippen LogP contribution in [0.4, 0.5) is 18.9 Å². The van der Waals surface area contributed by atoms with Crippen molar-refractivity contribution < 1.29 is 13.2 Å². The van der Waals surface area contributed by atoms with Crippen LogP contribution >= 0.6 is 27.3 Å². The van der Waals surface area contributed by atoms with Gasteiger partial charge in [0.05, 0.1) is 15.4 Å². The molecule has 0 aliphatic rings. The van der Waals surface area contributed by atoms with Gasteiger partial charge in [-0.15, -0.1) is 11.3 Å². The van der Waals surface area contributed by atoms with Crippen LogP contribution in [0, 0.1) is 6.92 Å². The minimum absolute atomic E-state index is 0.0477. The monoisotopic (exact) mass is 363 g/mol. The van der Waals surface area contributed by atoms with Gasteiger partial charge in [0.1, 0.15) is 0 Å². The number of thiophene rings is 1. The van der Waals surface area contributed by atoms with Gasteiger partial charge in [-0.1, -0.05) is 6.07 Å². The average Bonchev–Trinajstić information content (AvgIpc) is 2.77. The third-order valence-electron chi connectivity index (χ3n) is 2.96. The summed E-state index contributed by atoms with van der Waals surface area (Å²) < 4.78 is 39.2. The van der Waals surface area contributed by atoms with Crippen LogP contribution in [0.5, 0.6) is 0 Å². The van der Waals surface area contributed by atoms with Crippen LogP contribution in [-0.2, 0) is 6.18 Å². The molecule has 108 valence electrons. The van der Waals surface area contributed by atoms with Gasteiger partial charge in [-0.2, -0.15) is 13.2 Å². The predicted octanol–water partition coefficient (Wildman–Crippen LogP) is 6.01. The molecular weight excluding hydrogens is 351 g/mol. The molecule has 1 unspecified atom stereocenters. The van der Waals surface area contributed by atoms with E-state index >= 15 is 0 Å². The van der Waals surface area contributed by atoms with Gasteiger partial charge in [0.2, 0.25) is 0 Å². The molecule has 0 saturated carbocycles. The zero-order chi connectivity index (χ0) is 14.9. The molecule has 0 radical (unpaired) electrons. The van der Waals surface area contributed by atoms with Crippen LogP contribution in [0.2, 0.25) is 0 Å². The van der Waals surface area contributed by atoms with Gasteiger partial charge in [-0.05, 0) is 59.6 Å². The van der Waals surface area contributed by atoms with E-state index in [1.54, 1.807) is 18.3 Å². The molecule has 20 heavy (non-hydrogen) atoms. The van der Waals surface area contributed by atoms with Crippen LogP contribution < -0.4 is 5.32 Å². The number of hydrogen-bond donors (Lipinski definition) is 1. The zero-order valence-electron chi connectivity index (χ0n) is 10.9. The number of rotatable bonds is 3. The van der Waals surface area contributed by atoms with Gasteiger partial charge in [0.15, 0.2) is 0 Å². The van der Waals surface area contributed by atoms with Gasteiger partial charge < -0.3 is 5.32 Å². The molecule has 6 heteroatoms. The number of hydrogen-bond acceptors (Lipinski definition) is 2. The topological polar surface area (TPSA) is 12.0 Å². The Labute approximate surface area is 128 Å². The quantitative estimate of drug-likeness (QED) is 0.703. The predicted molar refractivity (Wildman–Crippen MR) is 80.2 cm³/mol. The fraction of sp³-hybridized carbons (Fsp3) is 0.286. The van der Waals surface area contributed by atoms with Crippen molar-refractivity contribution in [3.8, 4) is 0 Å². The summed E-state index contributed by atoms with van der Waals surface area (Å²) in [5, 5.41) is 3.14. The van der Waals surface area contributed by atoms with E-state index in [1.807, 2.05) is 19.1 Å². The zero-order valence-corrected chi connectivity index (χ0v) is 13.3. The smallest absolute Gasteiger partial charge is 0.377 e. The van der Waals surface area contributed by atoms with Crippen molar-refractivity contribution in [1.82, 2.24) is 0 Å². The van der Waals surface area contributed by atoms with Gasteiger partial charge in [0, 0.05) is 10.6 Å². The molecule has 2 aromatic rings. The molecule has 1 aromatic carbocycles. The number of halogens is 4. The van der Waals surface area contributed by atoms with Crippen molar-refractivity contribution >= 4 is 33.0 Å². The highest BCUT2D eigenvalue weighted by atomic mass is 79.9. The number of nitrogens with one attached hydrogen (secondary N) is 1. The second-order valence-electron chi connectivity index (χ2n) is 4.54. The van der Waals surface area contributed by atoms with Crippen LogP contribution in [0.1, 0.15) is 29.0 Å². The minimum atomic E-state index is -4.32. The first-order valence-corrected chi connectivity index (χ1v) is 7.58. The lowest BCUT2D eigenvalue weighted by atomic mass is 10.1. The van der Waals surface area contributed by atoms with Gasteiger partial charge in [-0.3, -0.25) is 0 Å². The Hall–Kier alpha value is -1.01. The maximum atomic E-state index is 12.7. The summed E-state index contributed by atoms with van der Waals surface area (Å²) in [5.41, 5.74) is 0.669. The lowest BCUT2D eigenvalue weighted by Crippen LogP contribution is -2.09. The molecule has 1 nitrogen and oxygen atoms in total. The minimum Gasteiger partial charge on any atom is -0.377 e. The van der Waals surface area contributed by atoms with E-state index in [-0.39, 0.29) is 6.04 Å². The molecule has 0 aliphatic heterocycles. The molecule has 0 aliphatic carbocycles. The summed E-state index contributed by atoms with van der Waals surface area (Å²) in [4.78, 5) is 1.06. The third kappa shape index (κ3) is 3.55. The molecule has 1 atom stereocenters. The first kappa shape index (κ1) is 15.4. The molecule has 2 rings (SSSR count). The van der Waals surface area contributed by atoms with E-state index < -0.39 is 11.7 Å². The Balaban J connectivity index is 2.24. The summed E-state index contributed by atoms with van der Waals surface area (Å²) in [6, 6.07) is 7.59. The van der Waals surface area contributed by atoms with E-state index in [4.69, 9.17) is 0 Å². The molecule has 0 fully saturated rings. The van der Waals surface area contributed by atoms with Crippen LogP contribution in [0.15, 0.2) is 34.1 Å². The summed E-state index contributed by atoms with van der Waals surface area (Å²) >= 11 is 4.94. The van der Waals surface area contributed by atoms with Crippen molar-refractivity contribution in [2.45, 2.75) is 26.1 Å². The fourth-order valence-corrected chi connectivity index (χ4v) is 3.25. The standard InChI is InChI=1S/C14H13BrF3NS/c1-8-3-4-10(14(16,17)18)7-11(8)19-9(2)12-5-6-13(15)20-12/h3-7,9,19H,1-2H3. The summed E-state index contributed by atoms with van der Waals surface area (Å²) in [6.07, 6.45) is -4.32. The fourth-order valence-electron chi connectivity index (χ4n) is 1.82. The Bertz CT molecular complexity index is 607. The van der Waals surface area contributed by atoms with Crippen LogP contribution in [0.25, 0.3) is 0 Å². The van der Waals surface area contributed by atoms with Crippen molar-refractivity contribution in [1.29, 1.82) is 0 Å². The Morgan fingerprint density at radius 3 is 2.45 bits per heavy atom. The molecule has 0 spiro atoms. The van der Waals surface area contributed by atoms with E-state index in [9.17, 15) is 13.2 Å². The summed E-state index contributed by atoms with van der Waals surface area (Å²) in [5.74, 6) is 0. The lowest BCUT2D eigenvalue weighted by molar-refractivity contribution is -0.137. The van der Waals surface area contributed by atoms with Crippen molar-refractivity contribution in [2.24, 2.45) is 0 Å². The van der Waals surface area contributed by atoms with Crippen LogP contribution in [-0.4, -0.2) is 0 Å². The first-order valence-electron chi connectivity index (χ1n) is 5.97. The Morgan fingerprint density at radius 1 is 1.20 bits per heavy atom. The molecule has 1 heterocycles. The number of anilines is 1. The Morgan fingerprint density at radius 2 is 1.90 bits per heavy atom. The van der Waals surface area contributed by atoms with Gasteiger partial charge in [0.25, 0.3) is 0 Å². The van der Waals surface area contributed by atoms with E-state index in [1.165, 1.54) is 6.07 Å².